The Hall–Kier alpha value is -2.83. The summed E-state index contributed by atoms with van der Waals surface area (Å²) in [4.78, 5) is 12.6. The van der Waals surface area contributed by atoms with E-state index in [0.29, 0.717) is 11.4 Å². The largest absolute Gasteiger partial charge is 0.508 e. The number of amidine groups is 1. The van der Waals surface area contributed by atoms with E-state index >= 15 is 0 Å². The van der Waals surface area contributed by atoms with Gasteiger partial charge in [-0.1, -0.05) is 12.1 Å². The highest BCUT2D eigenvalue weighted by Crippen LogP contribution is 2.26. The first-order chi connectivity index (χ1) is 9.48. The van der Waals surface area contributed by atoms with Crippen LogP contribution in [0.2, 0.25) is 0 Å². The number of rotatable bonds is 1. The number of aromatic hydroxyl groups is 1. The van der Waals surface area contributed by atoms with Crippen LogP contribution >= 0.6 is 0 Å². The molecular weight excluding hydrogens is 256 g/mol. The molecule has 0 saturated carbocycles. The highest BCUT2D eigenvalue weighted by molar-refractivity contribution is 6.47. The molecule has 7 nitrogen and oxygen atoms in total. The first kappa shape index (κ1) is 12.2. The maximum absolute atomic E-state index is 9.53. The lowest BCUT2D eigenvalue weighted by Crippen LogP contribution is -2.56. The smallest absolute Gasteiger partial charge is 0.220 e. The second-order valence-electron chi connectivity index (χ2n) is 4.72. The number of nitrogens with two attached hydrogens (primary N) is 2. The van der Waals surface area contributed by atoms with Gasteiger partial charge in [-0.05, 0) is 19.1 Å². The molecule has 1 aromatic rings. The number of phenolic OH excluding ortho intramolecular Hbond substituents is 1. The summed E-state index contributed by atoms with van der Waals surface area (Å²) in [6.45, 7) is 1.82. The minimum absolute atomic E-state index is 0.116. The van der Waals surface area contributed by atoms with Gasteiger partial charge in [0, 0.05) is 11.8 Å². The maximum Gasteiger partial charge on any atom is 0.220 e. The van der Waals surface area contributed by atoms with E-state index in [2.05, 4.69) is 20.3 Å². The number of nitrogens with one attached hydrogen (secondary N) is 1. The van der Waals surface area contributed by atoms with Crippen LogP contribution in [0.1, 0.15) is 12.5 Å². The fourth-order valence-corrected chi connectivity index (χ4v) is 2.17. The Labute approximate surface area is 115 Å². The van der Waals surface area contributed by atoms with Gasteiger partial charge >= 0.3 is 0 Å². The van der Waals surface area contributed by atoms with E-state index in [1.54, 1.807) is 24.4 Å². The van der Waals surface area contributed by atoms with Gasteiger partial charge < -0.3 is 21.9 Å². The molecule has 0 aromatic heterocycles. The summed E-state index contributed by atoms with van der Waals surface area (Å²) in [5.41, 5.74) is 12.6. The van der Waals surface area contributed by atoms with Crippen molar-refractivity contribution in [2.75, 3.05) is 0 Å². The quantitative estimate of drug-likeness (QED) is 0.579. The van der Waals surface area contributed by atoms with Crippen LogP contribution in [-0.4, -0.2) is 28.3 Å². The van der Waals surface area contributed by atoms with Gasteiger partial charge in [-0.3, -0.25) is 0 Å². The van der Waals surface area contributed by atoms with Gasteiger partial charge in [0.25, 0.3) is 0 Å². The monoisotopic (exact) mass is 270 g/mol. The van der Waals surface area contributed by atoms with Crippen molar-refractivity contribution in [1.82, 2.24) is 5.32 Å². The fraction of sp³-hybridized carbons (Fsp3) is 0.154. The van der Waals surface area contributed by atoms with Crippen LogP contribution in [-0.2, 0) is 0 Å². The van der Waals surface area contributed by atoms with E-state index in [1.807, 2.05) is 13.0 Å². The van der Waals surface area contributed by atoms with E-state index in [0.717, 1.165) is 5.56 Å². The third-order valence-corrected chi connectivity index (χ3v) is 3.14. The molecule has 2 aliphatic heterocycles. The molecule has 0 radical (unpaired) electrons. The molecule has 3 rings (SSSR count). The molecule has 7 heteroatoms. The molecule has 102 valence electrons. The SMILES string of the molecule is CC12N=C(N)N=C(N)C1=NC(c1cccc(O)c1)=CN2. The van der Waals surface area contributed by atoms with Crippen molar-refractivity contribution in [2.45, 2.75) is 12.6 Å². The Morgan fingerprint density at radius 1 is 1.25 bits per heavy atom. The normalized spacial score (nSPS) is 24.6. The molecule has 1 aromatic carbocycles. The summed E-state index contributed by atoms with van der Waals surface area (Å²) >= 11 is 0. The van der Waals surface area contributed by atoms with Crippen molar-refractivity contribution in [3.05, 3.63) is 36.0 Å². The van der Waals surface area contributed by atoms with E-state index in [9.17, 15) is 5.11 Å². The molecule has 2 aliphatic rings. The van der Waals surface area contributed by atoms with Crippen LogP contribution in [0, 0.1) is 0 Å². The number of nitrogens with zero attached hydrogens (tertiary/aromatic N) is 3. The molecule has 0 aliphatic carbocycles. The molecule has 0 saturated heterocycles. The zero-order valence-corrected chi connectivity index (χ0v) is 10.8. The third kappa shape index (κ3) is 1.89. The second kappa shape index (κ2) is 4.09. The van der Waals surface area contributed by atoms with Crippen LogP contribution in [0.5, 0.6) is 5.75 Å². The number of hydrogen-bond acceptors (Lipinski definition) is 7. The van der Waals surface area contributed by atoms with Crippen molar-refractivity contribution in [3.8, 4) is 5.75 Å². The van der Waals surface area contributed by atoms with Crippen LogP contribution in [0.25, 0.3) is 5.70 Å². The third-order valence-electron chi connectivity index (χ3n) is 3.14. The summed E-state index contributed by atoms with van der Waals surface area (Å²) in [6.07, 6.45) is 1.72. The van der Waals surface area contributed by atoms with Gasteiger partial charge in [-0.2, -0.15) is 4.99 Å². The molecule has 0 spiro atoms. The molecule has 1 unspecified atom stereocenters. The van der Waals surface area contributed by atoms with Gasteiger partial charge in [0.1, 0.15) is 11.5 Å². The Kier molecular flexibility index (Phi) is 2.50. The summed E-state index contributed by atoms with van der Waals surface area (Å²) in [5.74, 6) is 0.522. The summed E-state index contributed by atoms with van der Waals surface area (Å²) in [6, 6.07) is 6.80. The molecule has 2 heterocycles. The van der Waals surface area contributed by atoms with E-state index in [4.69, 9.17) is 11.5 Å². The van der Waals surface area contributed by atoms with Gasteiger partial charge in [0.2, 0.25) is 5.96 Å². The van der Waals surface area contributed by atoms with E-state index in [1.165, 1.54) is 0 Å². The first-order valence-corrected chi connectivity index (χ1v) is 6.04. The number of benzene rings is 1. The zero-order valence-electron chi connectivity index (χ0n) is 10.8. The summed E-state index contributed by atoms with van der Waals surface area (Å²) < 4.78 is 0. The van der Waals surface area contributed by atoms with Crippen LogP contribution in [0.15, 0.2) is 45.4 Å². The second-order valence-corrected chi connectivity index (χ2v) is 4.72. The zero-order chi connectivity index (χ0) is 14.3. The lowest BCUT2D eigenvalue weighted by Gasteiger charge is -2.33. The Balaban J connectivity index is 2.05. The standard InChI is InChI=1S/C13H14N6O/c1-13-10(11(14)18-12(15)19-13)17-9(6-16-13)7-3-2-4-8(20)5-7/h2-6,16,20H,1H3,(H4,14,15,18,19). The maximum atomic E-state index is 9.53. The van der Waals surface area contributed by atoms with Crippen LogP contribution in [0.4, 0.5) is 0 Å². The summed E-state index contributed by atoms with van der Waals surface area (Å²) in [5, 5.41) is 12.7. The molecular formula is C13H14N6O. The van der Waals surface area contributed by atoms with E-state index in [-0.39, 0.29) is 17.5 Å². The molecule has 20 heavy (non-hydrogen) atoms. The van der Waals surface area contributed by atoms with Crippen molar-refractivity contribution < 1.29 is 5.11 Å². The van der Waals surface area contributed by atoms with Crippen molar-refractivity contribution in [2.24, 2.45) is 26.4 Å². The number of hydrogen-bond donors (Lipinski definition) is 4. The number of aliphatic imine (C=N–C) groups is 3. The molecule has 6 N–H and O–H groups in total. The van der Waals surface area contributed by atoms with Crippen molar-refractivity contribution in [3.63, 3.8) is 0 Å². The first-order valence-electron chi connectivity index (χ1n) is 6.04. The topological polar surface area (TPSA) is 121 Å². The van der Waals surface area contributed by atoms with Crippen molar-refractivity contribution >= 4 is 23.2 Å². The van der Waals surface area contributed by atoms with Gasteiger partial charge in [0.15, 0.2) is 11.5 Å². The highest BCUT2D eigenvalue weighted by Gasteiger charge is 2.37. The predicted octanol–water partition coefficient (Wildman–Crippen LogP) is 0.137. The molecule has 0 amide bonds. The van der Waals surface area contributed by atoms with Gasteiger partial charge in [-0.15, -0.1) is 0 Å². The van der Waals surface area contributed by atoms with Crippen LogP contribution < -0.4 is 16.8 Å². The number of phenols is 1. The molecule has 1 atom stereocenters. The van der Waals surface area contributed by atoms with Crippen molar-refractivity contribution in [1.29, 1.82) is 0 Å². The summed E-state index contributed by atoms with van der Waals surface area (Å²) in [7, 11) is 0. The number of guanidine groups is 1. The average Bonchev–Trinajstić information content (AvgIpc) is 2.37. The number of fused-ring (bicyclic) bond motifs is 1. The average molecular weight is 270 g/mol. The Morgan fingerprint density at radius 3 is 2.80 bits per heavy atom. The van der Waals surface area contributed by atoms with E-state index < -0.39 is 5.66 Å². The predicted molar refractivity (Wildman–Crippen MR) is 78.3 cm³/mol. The van der Waals surface area contributed by atoms with Gasteiger partial charge in [-0.25, -0.2) is 9.98 Å². The molecule has 0 fully saturated rings. The minimum Gasteiger partial charge on any atom is -0.508 e. The highest BCUT2D eigenvalue weighted by atomic mass is 16.3. The lowest BCUT2D eigenvalue weighted by molar-refractivity contribution is 0.475. The Bertz CT molecular complexity index is 703. The lowest BCUT2D eigenvalue weighted by atomic mass is 10.0. The fourth-order valence-electron chi connectivity index (χ4n) is 2.17. The van der Waals surface area contributed by atoms with Crippen LogP contribution in [0.3, 0.4) is 0 Å². The minimum atomic E-state index is -0.809. The van der Waals surface area contributed by atoms with Gasteiger partial charge in [0.05, 0.1) is 5.70 Å². The molecule has 0 bridgehead atoms. The Morgan fingerprint density at radius 2 is 2.05 bits per heavy atom.